The lowest BCUT2D eigenvalue weighted by atomic mass is 10.2. The summed E-state index contributed by atoms with van der Waals surface area (Å²) in [5, 5.41) is 0. The van der Waals surface area contributed by atoms with E-state index in [1.807, 2.05) is 13.0 Å². The van der Waals surface area contributed by atoms with E-state index in [4.69, 9.17) is 9.47 Å². The molecule has 1 unspecified atom stereocenters. The molecule has 0 amide bonds. The number of methoxy groups -OCH3 is 1. The van der Waals surface area contributed by atoms with E-state index in [1.54, 1.807) is 19.2 Å². The number of rotatable bonds is 5. The smallest absolute Gasteiger partial charge is 0.153 e. The third kappa shape index (κ3) is 3.64. The maximum atomic E-state index is 10.8. The van der Waals surface area contributed by atoms with Gasteiger partial charge in [0.05, 0.1) is 12.2 Å². The molecule has 1 atom stereocenters. The van der Waals surface area contributed by atoms with E-state index in [-0.39, 0.29) is 6.10 Å². The molecule has 0 radical (unpaired) electrons. The van der Waals surface area contributed by atoms with Crippen LogP contribution in [0.3, 0.4) is 0 Å². The van der Waals surface area contributed by atoms with Crippen LogP contribution in [0.25, 0.3) is 0 Å². The molecule has 1 aromatic carbocycles. The normalized spacial score (nSPS) is 12.2. The van der Waals surface area contributed by atoms with Crippen molar-refractivity contribution in [3.05, 3.63) is 28.2 Å². The minimum absolute atomic E-state index is 0.0742. The van der Waals surface area contributed by atoms with Gasteiger partial charge in [-0.25, -0.2) is 0 Å². The molecule has 4 heteroatoms. The monoisotopic (exact) mass is 272 g/mol. The summed E-state index contributed by atoms with van der Waals surface area (Å²) in [4.78, 5) is 10.8. The number of hydrogen-bond acceptors (Lipinski definition) is 3. The van der Waals surface area contributed by atoms with Crippen molar-refractivity contribution in [1.29, 1.82) is 0 Å². The van der Waals surface area contributed by atoms with Crippen molar-refractivity contribution in [1.82, 2.24) is 0 Å². The van der Waals surface area contributed by atoms with Gasteiger partial charge in [0.15, 0.2) is 6.29 Å². The highest BCUT2D eigenvalue weighted by Crippen LogP contribution is 2.22. The highest BCUT2D eigenvalue weighted by atomic mass is 79.9. The van der Waals surface area contributed by atoms with Crippen LogP contribution in [0.15, 0.2) is 22.7 Å². The standard InChI is InChI=1S/C11H13BrO3/c1-8(7-14-2)15-11-4-3-10(12)5-9(11)6-13/h3-6,8H,7H2,1-2H3. The van der Waals surface area contributed by atoms with Crippen LogP contribution in [0.5, 0.6) is 5.75 Å². The number of halogens is 1. The maximum absolute atomic E-state index is 10.8. The maximum Gasteiger partial charge on any atom is 0.153 e. The van der Waals surface area contributed by atoms with Gasteiger partial charge in [0.1, 0.15) is 11.9 Å². The first kappa shape index (κ1) is 12.2. The highest BCUT2D eigenvalue weighted by molar-refractivity contribution is 9.10. The number of carbonyl (C=O) groups excluding carboxylic acids is 1. The number of carbonyl (C=O) groups is 1. The Morgan fingerprint density at radius 1 is 1.53 bits per heavy atom. The summed E-state index contributed by atoms with van der Waals surface area (Å²) in [5.41, 5.74) is 0.535. The molecule has 1 rings (SSSR count). The number of hydrogen-bond donors (Lipinski definition) is 0. The van der Waals surface area contributed by atoms with Crippen LogP contribution in [0.2, 0.25) is 0 Å². The second kappa shape index (κ2) is 5.88. The number of benzene rings is 1. The van der Waals surface area contributed by atoms with Gasteiger partial charge in [-0.2, -0.15) is 0 Å². The van der Waals surface area contributed by atoms with Gasteiger partial charge in [-0.1, -0.05) is 15.9 Å². The van der Waals surface area contributed by atoms with Gasteiger partial charge in [0, 0.05) is 11.6 Å². The van der Waals surface area contributed by atoms with Gasteiger partial charge in [0.25, 0.3) is 0 Å². The first-order valence-electron chi connectivity index (χ1n) is 4.57. The lowest BCUT2D eigenvalue weighted by Gasteiger charge is -2.15. The minimum atomic E-state index is -0.0742. The van der Waals surface area contributed by atoms with Gasteiger partial charge in [0.2, 0.25) is 0 Å². The molecule has 0 aliphatic heterocycles. The molecule has 1 aromatic rings. The Kier molecular flexibility index (Phi) is 4.78. The summed E-state index contributed by atoms with van der Waals surface area (Å²) in [7, 11) is 1.61. The molecule has 0 fully saturated rings. The van der Waals surface area contributed by atoms with Gasteiger partial charge >= 0.3 is 0 Å². The van der Waals surface area contributed by atoms with Crippen molar-refractivity contribution in [3.8, 4) is 5.75 Å². The minimum Gasteiger partial charge on any atom is -0.488 e. The SMILES string of the molecule is COCC(C)Oc1ccc(Br)cc1C=O. The predicted octanol–water partition coefficient (Wildman–Crippen LogP) is 2.68. The topological polar surface area (TPSA) is 35.5 Å². The third-order valence-corrected chi connectivity index (χ3v) is 2.32. The Bertz CT molecular complexity index is 339. The first-order valence-corrected chi connectivity index (χ1v) is 5.37. The van der Waals surface area contributed by atoms with Crippen molar-refractivity contribution in [2.24, 2.45) is 0 Å². The number of aldehydes is 1. The zero-order valence-corrected chi connectivity index (χ0v) is 10.3. The molecule has 0 bridgehead atoms. The predicted molar refractivity (Wildman–Crippen MR) is 61.5 cm³/mol. The molecule has 0 heterocycles. The molecule has 0 N–H and O–H groups in total. The molecular formula is C11H13BrO3. The Labute approximate surface area is 97.5 Å². The number of ether oxygens (including phenoxy) is 2. The van der Waals surface area contributed by atoms with Crippen LogP contribution in [0, 0.1) is 0 Å². The summed E-state index contributed by atoms with van der Waals surface area (Å²) >= 11 is 3.29. The zero-order chi connectivity index (χ0) is 11.3. The van der Waals surface area contributed by atoms with E-state index in [0.717, 1.165) is 10.8 Å². The van der Waals surface area contributed by atoms with E-state index in [0.29, 0.717) is 17.9 Å². The lowest BCUT2D eigenvalue weighted by molar-refractivity contribution is 0.0905. The molecule has 82 valence electrons. The van der Waals surface area contributed by atoms with Crippen molar-refractivity contribution in [3.63, 3.8) is 0 Å². The van der Waals surface area contributed by atoms with Gasteiger partial charge in [-0.15, -0.1) is 0 Å². The fraction of sp³-hybridized carbons (Fsp3) is 0.364. The van der Waals surface area contributed by atoms with E-state index in [9.17, 15) is 4.79 Å². The molecule has 0 saturated heterocycles. The zero-order valence-electron chi connectivity index (χ0n) is 8.70. The fourth-order valence-electron chi connectivity index (χ4n) is 1.20. The molecule has 0 aliphatic carbocycles. The Balaban J connectivity index is 2.80. The Morgan fingerprint density at radius 2 is 2.27 bits per heavy atom. The molecule has 0 aliphatic rings. The average Bonchev–Trinajstić information content (AvgIpc) is 2.21. The van der Waals surface area contributed by atoms with Crippen LogP contribution in [0.4, 0.5) is 0 Å². The van der Waals surface area contributed by atoms with Crippen molar-refractivity contribution >= 4 is 22.2 Å². The molecule has 3 nitrogen and oxygen atoms in total. The van der Waals surface area contributed by atoms with Crippen LogP contribution >= 0.6 is 15.9 Å². The van der Waals surface area contributed by atoms with E-state index in [1.165, 1.54) is 0 Å². The molecule has 15 heavy (non-hydrogen) atoms. The largest absolute Gasteiger partial charge is 0.488 e. The van der Waals surface area contributed by atoms with Crippen LogP contribution in [-0.2, 0) is 4.74 Å². The van der Waals surface area contributed by atoms with Crippen molar-refractivity contribution < 1.29 is 14.3 Å². The van der Waals surface area contributed by atoms with E-state index in [2.05, 4.69) is 15.9 Å². The van der Waals surface area contributed by atoms with Crippen LogP contribution in [-0.4, -0.2) is 26.1 Å². The van der Waals surface area contributed by atoms with Gasteiger partial charge in [-0.05, 0) is 25.1 Å². The summed E-state index contributed by atoms with van der Waals surface area (Å²) in [6.45, 7) is 2.38. The molecular weight excluding hydrogens is 260 g/mol. The van der Waals surface area contributed by atoms with Crippen LogP contribution in [0.1, 0.15) is 17.3 Å². The second-order valence-corrected chi connectivity index (χ2v) is 4.10. The van der Waals surface area contributed by atoms with Gasteiger partial charge in [-0.3, -0.25) is 4.79 Å². The lowest BCUT2D eigenvalue weighted by Crippen LogP contribution is -2.18. The first-order chi connectivity index (χ1) is 7.17. The average molecular weight is 273 g/mol. The quantitative estimate of drug-likeness (QED) is 0.774. The second-order valence-electron chi connectivity index (χ2n) is 3.18. The van der Waals surface area contributed by atoms with E-state index < -0.39 is 0 Å². The van der Waals surface area contributed by atoms with E-state index >= 15 is 0 Å². The summed E-state index contributed by atoms with van der Waals surface area (Å²) in [5.74, 6) is 0.581. The highest BCUT2D eigenvalue weighted by Gasteiger charge is 2.08. The summed E-state index contributed by atoms with van der Waals surface area (Å²) in [6, 6.07) is 5.32. The Hall–Kier alpha value is -0.870. The third-order valence-electron chi connectivity index (χ3n) is 1.83. The van der Waals surface area contributed by atoms with Crippen LogP contribution < -0.4 is 4.74 Å². The summed E-state index contributed by atoms with van der Waals surface area (Å²) < 4.78 is 11.4. The molecule has 0 saturated carbocycles. The summed E-state index contributed by atoms with van der Waals surface area (Å²) in [6.07, 6.45) is 0.703. The Morgan fingerprint density at radius 3 is 2.87 bits per heavy atom. The molecule has 0 aromatic heterocycles. The van der Waals surface area contributed by atoms with Crippen molar-refractivity contribution in [2.45, 2.75) is 13.0 Å². The van der Waals surface area contributed by atoms with Gasteiger partial charge < -0.3 is 9.47 Å². The van der Waals surface area contributed by atoms with Crippen molar-refractivity contribution in [2.75, 3.05) is 13.7 Å². The fourth-order valence-corrected chi connectivity index (χ4v) is 1.58. The molecule has 0 spiro atoms.